The van der Waals surface area contributed by atoms with E-state index in [0.29, 0.717) is 10.8 Å². The van der Waals surface area contributed by atoms with Gasteiger partial charge in [0.05, 0.1) is 16.7 Å². The van der Waals surface area contributed by atoms with Crippen LogP contribution in [0.2, 0.25) is 5.02 Å². The van der Waals surface area contributed by atoms with E-state index in [1.54, 1.807) is 42.1 Å². The topological polar surface area (TPSA) is 99.3 Å². The SMILES string of the molecule is Cc1cc(Cl)ccc1Oc1cc(NC(=O)C(C)n2nccc2C)cc([N+](=O)[O-])c1. The van der Waals surface area contributed by atoms with Gasteiger partial charge in [-0.25, -0.2) is 0 Å². The zero-order valence-corrected chi connectivity index (χ0v) is 16.8. The second-order valence-electron chi connectivity index (χ2n) is 6.57. The van der Waals surface area contributed by atoms with Crippen LogP contribution in [0.3, 0.4) is 0 Å². The van der Waals surface area contributed by atoms with Crippen LogP contribution in [0.4, 0.5) is 11.4 Å². The molecule has 1 aromatic heterocycles. The van der Waals surface area contributed by atoms with Crippen LogP contribution in [0.5, 0.6) is 11.5 Å². The fraction of sp³-hybridized carbons (Fsp3) is 0.200. The molecule has 3 rings (SSSR count). The Bertz CT molecular complexity index is 1080. The van der Waals surface area contributed by atoms with Crippen molar-refractivity contribution in [3.63, 3.8) is 0 Å². The van der Waals surface area contributed by atoms with Gasteiger partial charge < -0.3 is 10.1 Å². The fourth-order valence-electron chi connectivity index (χ4n) is 2.82. The monoisotopic (exact) mass is 414 g/mol. The maximum Gasteiger partial charge on any atom is 0.275 e. The smallest absolute Gasteiger partial charge is 0.275 e. The van der Waals surface area contributed by atoms with Crippen LogP contribution in [-0.4, -0.2) is 20.6 Å². The highest BCUT2D eigenvalue weighted by atomic mass is 35.5. The fourth-order valence-corrected chi connectivity index (χ4v) is 3.04. The molecule has 0 fully saturated rings. The zero-order chi connectivity index (χ0) is 21.1. The largest absolute Gasteiger partial charge is 0.457 e. The third kappa shape index (κ3) is 4.72. The molecule has 0 spiro atoms. The number of nitro groups is 1. The maximum absolute atomic E-state index is 12.6. The molecular weight excluding hydrogens is 396 g/mol. The molecule has 29 heavy (non-hydrogen) atoms. The van der Waals surface area contributed by atoms with Crippen LogP contribution in [0.1, 0.15) is 24.2 Å². The summed E-state index contributed by atoms with van der Waals surface area (Å²) in [5, 5.41) is 18.7. The maximum atomic E-state index is 12.6. The van der Waals surface area contributed by atoms with Crippen molar-refractivity contribution in [2.24, 2.45) is 0 Å². The van der Waals surface area contributed by atoms with Crippen LogP contribution >= 0.6 is 11.6 Å². The normalized spacial score (nSPS) is 11.7. The van der Waals surface area contributed by atoms with Crippen LogP contribution in [0.15, 0.2) is 48.7 Å². The number of anilines is 1. The Balaban J connectivity index is 1.87. The lowest BCUT2D eigenvalue weighted by molar-refractivity contribution is -0.384. The molecule has 1 unspecified atom stereocenters. The molecule has 1 atom stereocenters. The average Bonchev–Trinajstić information content (AvgIpc) is 3.09. The van der Waals surface area contributed by atoms with Crippen LogP contribution in [-0.2, 0) is 4.79 Å². The summed E-state index contributed by atoms with van der Waals surface area (Å²) >= 11 is 5.95. The molecule has 3 aromatic rings. The number of carbonyl (C=O) groups excluding carboxylic acids is 1. The minimum absolute atomic E-state index is 0.202. The summed E-state index contributed by atoms with van der Waals surface area (Å²) in [5.74, 6) is 0.376. The van der Waals surface area contributed by atoms with E-state index in [1.165, 1.54) is 18.2 Å². The zero-order valence-electron chi connectivity index (χ0n) is 16.0. The predicted octanol–water partition coefficient (Wildman–Crippen LogP) is 5.05. The van der Waals surface area contributed by atoms with Gasteiger partial charge >= 0.3 is 0 Å². The van der Waals surface area contributed by atoms with Gasteiger partial charge in [-0.05, 0) is 50.6 Å². The Morgan fingerprint density at radius 3 is 2.62 bits per heavy atom. The minimum Gasteiger partial charge on any atom is -0.457 e. The summed E-state index contributed by atoms with van der Waals surface area (Å²) in [7, 11) is 0. The number of nitro benzene ring substituents is 1. The van der Waals surface area contributed by atoms with Crippen molar-refractivity contribution in [2.45, 2.75) is 26.8 Å². The lowest BCUT2D eigenvalue weighted by Gasteiger charge is -2.15. The summed E-state index contributed by atoms with van der Waals surface area (Å²) < 4.78 is 7.37. The van der Waals surface area contributed by atoms with Crippen LogP contribution in [0.25, 0.3) is 0 Å². The first-order chi connectivity index (χ1) is 13.7. The Labute approximate surface area is 172 Å². The van der Waals surface area contributed by atoms with E-state index in [9.17, 15) is 14.9 Å². The van der Waals surface area contributed by atoms with Crippen molar-refractivity contribution in [1.82, 2.24) is 9.78 Å². The third-order valence-electron chi connectivity index (χ3n) is 4.35. The number of aryl methyl sites for hydroxylation is 2. The van der Waals surface area contributed by atoms with Crippen molar-refractivity contribution >= 4 is 28.9 Å². The van der Waals surface area contributed by atoms with Gasteiger partial charge in [0.15, 0.2) is 0 Å². The molecule has 2 aromatic carbocycles. The molecule has 0 aliphatic carbocycles. The first-order valence-corrected chi connectivity index (χ1v) is 9.17. The number of rotatable bonds is 6. The molecule has 0 radical (unpaired) electrons. The molecule has 1 N–H and O–H groups in total. The number of hydrogen-bond acceptors (Lipinski definition) is 5. The van der Waals surface area contributed by atoms with E-state index in [0.717, 1.165) is 11.3 Å². The quantitative estimate of drug-likeness (QED) is 0.449. The van der Waals surface area contributed by atoms with Gasteiger partial charge in [0, 0.05) is 29.0 Å². The lowest BCUT2D eigenvalue weighted by atomic mass is 10.2. The standard InChI is InChI=1S/C20H19ClN4O4/c1-12-8-15(21)4-5-19(12)29-18-10-16(9-17(11-18)25(27)28)23-20(26)14(3)24-13(2)6-7-22-24/h4-11,14H,1-3H3,(H,23,26). The van der Waals surface area contributed by atoms with Crippen molar-refractivity contribution in [2.75, 3.05) is 5.32 Å². The Morgan fingerprint density at radius 2 is 2.00 bits per heavy atom. The molecule has 0 aliphatic heterocycles. The van der Waals surface area contributed by atoms with Gasteiger partial charge in [0.2, 0.25) is 5.91 Å². The summed E-state index contributed by atoms with van der Waals surface area (Å²) in [5.41, 5.74) is 1.65. The molecular formula is C20H19ClN4O4. The van der Waals surface area contributed by atoms with E-state index in [4.69, 9.17) is 16.3 Å². The van der Waals surface area contributed by atoms with Crippen molar-refractivity contribution in [1.29, 1.82) is 0 Å². The summed E-state index contributed by atoms with van der Waals surface area (Å²) in [6, 6.07) is 10.4. The lowest BCUT2D eigenvalue weighted by Crippen LogP contribution is -2.25. The van der Waals surface area contributed by atoms with Crippen molar-refractivity contribution < 1.29 is 14.5 Å². The number of hydrogen-bond donors (Lipinski definition) is 1. The highest BCUT2D eigenvalue weighted by Crippen LogP contribution is 2.32. The molecule has 1 heterocycles. The van der Waals surface area contributed by atoms with Gasteiger partial charge in [-0.1, -0.05) is 11.6 Å². The molecule has 0 aliphatic rings. The van der Waals surface area contributed by atoms with Crippen molar-refractivity contribution in [3.8, 4) is 11.5 Å². The van der Waals surface area contributed by atoms with Gasteiger partial charge in [-0.3, -0.25) is 19.6 Å². The number of carbonyl (C=O) groups is 1. The summed E-state index contributed by atoms with van der Waals surface area (Å²) in [4.78, 5) is 23.4. The first-order valence-electron chi connectivity index (χ1n) is 8.79. The number of halogens is 1. The molecule has 8 nitrogen and oxygen atoms in total. The van der Waals surface area contributed by atoms with Gasteiger partial charge in [-0.15, -0.1) is 0 Å². The number of nitrogens with zero attached hydrogens (tertiary/aromatic N) is 3. The number of benzene rings is 2. The van der Waals surface area contributed by atoms with Gasteiger partial charge in [-0.2, -0.15) is 5.10 Å². The number of aromatic nitrogens is 2. The second kappa shape index (κ2) is 8.32. The molecule has 150 valence electrons. The average molecular weight is 415 g/mol. The van der Waals surface area contributed by atoms with E-state index >= 15 is 0 Å². The third-order valence-corrected chi connectivity index (χ3v) is 4.58. The molecule has 1 amide bonds. The van der Waals surface area contributed by atoms with E-state index in [2.05, 4.69) is 10.4 Å². The van der Waals surface area contributed by atoms with Gasteiger partial charge in [0.25, 0.3) is 5.69 Å². The van der Waals surface area contributed by atoms with Crippen LogP contribution in [0, 0.1) is 24.0 Å². The summed E-state index contributed by atoms with van der Waals surface area (Å²) in [6.07, 6.45) is 1.60. The molecule has 0 bridgehead atoms. The van der Waals surface area contributed by atoms with E-state index in [-0.39, 0.29) is 23.0 Å². The van der Waals surface area contributed by atoms with E-state index in [1.807, 2.05) is 13.8 Å². The summed E-state index contributed by atoms with van der Waals surface area (Å²) in [6.45, 7) is 5.35. The Hall–Kier alpha value is -3.39. The minimum atomic E-state index is -0.591. The molecule has 0 saturated carbocycles. The number of non-ortho nitro benzene ring substituents is 1. The molecule has 9 heteroatoms. The number of amides is 1. The Morgan fingerprint density at radius 1 is 1.24 bits per heavy atom. The first kappa shape index (κ1) is 20.3. The van der Waals surface area contributed by atoms with E-state index < -0.39 is 11.0 Å². The molecule has 0 saturated heterocycles. The number of nitrogens with one attached hydrogen (secondary N) is 1. The predicted molar refractivity (Wildman–Crippen MR) is 110 cm³/mol. The van der Waals surface area contributed by atoms with Crippen molar-refractivity contribution in [3.05, 3.63) is 75.1 Å². The highest BCUT2D eigenvalue weighted by Gasteiger charge is 2.19. The number of ether oxygens (including phenoxy) is 1. The van der Waals surface area contributed by atoms with Gasteiger partial charge in [0.1, 0.15) is 17.5 Å². The second-order valence-corrected chi connectivity index (χ2v) is 7.00. The highest BCUT2D eigenvalue weighted by molar-refractivity contribution is 6.30. The van der Waals surface area contributed by atoms with Crippen LogP contribution < -0.4 is 10.1 Å². The Kier molecular flexibility index (Phi) is 5.84.